The number of ether oxygens (including phenoxy) is 1. The fraction of sp³-hybridized carbons (Fsp3) is 0.500. The third-order valence-electron chi connectivity index (χ3n) is 2.72. The molecule has 0 heterocycles. The van der Waals surface area contributed by atoms with E-state index in [0.29, 0.717) is 13.2 Å². The van der Waals surface area contributed by atoms with Gasteiger partial charge in [0.2, 0.25) is 0 Å². The van der Waals surface area contributed by atoms with E-state index in [4.69, 9.17) is 4.74 Å². The molecule has 0 amide bonds. The summed E-state index contributed by atoms with van der Waals surface area (Å²) in [6.07, 6.45) is 0. The van der Waals surface area contributed by atoms with Crippen molar-refractivity contribution in [3.8, 4) is 0 Å². The van der Waals surface area contributed by atoms with Gasteiger partial charge in [0, 0.05) is 12.6 Å². The molecule has 0 bridgehead atoms. The van der Waals surface area contributed by atoms with Crippen LogP contribution in [0.2, 0.25) is 0 Å². The molecule has 1 unspecified atom stereocenters. The standard InChI is InChI=1S/C14H21NO2/c1-4-17-14(16)11(2)10-15-12(3)13-8-6-5-7-9-13/h5-9,11-12,15H,4,10H2,1-3H3/t11?,12-/m0/s1. The molecule has 17 heavy (non-hydrogen) atoms. The largest absolute Gasteiger partial charge is 0.466 e. The molecule has 1 N–H and O–H groups in total. The van der Waals surface area contributed by atoms with Gasteiger partial charge in [-0.3, -0.25) is 4.79 Å². The molecule has 0 aliphatic carbocycles. The zero-order valence-corrected chi connectivity index (χ0v) is 10.8. The summed E-state index contributed by atoms with van der Waals surface area (Å²) in [6, 6.07) is 10.4. The molecule has 3 heteroatoms. The van der Waals surface area contributed by atoms with Gasteiger partial charge in [-0.15, -0.1) is 0 Å². The van der Waals surface area contributed by atoms with E-state index in [-0.39, 0.29) is 17.9 Å². The Balaban J connectivity index is 2.38. The van der Waals surface area contributed by atoms with Crippen LogP contribution in [0.25, 0.3) is 0 Å². The second kappa shape index (κ2) is 7.07. The monoisotopic (exact) mass is 235 g/mol. The molecule has 0 saturated carbocycles. The van der Waals surface area contributed by atoms with Gasteiger partial charge in [0.05, 0.1) is 12.5 Å². The molecular weight excluding hydrogens is 214 g/mol. The smallest absolute Gasteiger partial charge is 0.309 e. The van der Waals surface area contributed by atoms with E-state index in [9.17, 15) is 4.79 Å². The molecule has 0 spiro atoms. The predicted molar refractivity (Wildman–Crippen MR) is 68.7 cm³/mol. The molecule has 1 rings (SSSR count). The van der Waals surface area contributed by atoms with Crippen molar-refractivity contribution in [2.45, 2.75) is 26.8 Å². The Labute approximate surface area is 103 Å². The fourth-order valence-electron chi connectivity index (χ4n) is 1.58. The lowest BCUT2D eigenvalue weighted by atomic mass is 10.1. The minimum absolute atomic E-state index is 0.110. The van der Waals surface area contributed by atoms with Gasteiger partial charge in [-0.1, -0.05) is 37.3 Å². The highest BCUT2D eigenvalue weighted by Gasteiger charge is 2.14. The van der Waals surface area contributed by atoms with Gasteiger partial charge >= 0.3 is 5.97 Å². The molecule has 1 aromatic carbocycles. The molecule has 0 fully saturated rings. The highest BCUT2D eigenvalue weighted by Crippen LogP contribution is 2.11. The van der Waals surface area contributed by atoms with Crippen LogP contribution in [0.3, 0.4) is 0 Å². The predicted octanol–water partition coefficient (Wildman–Crippen LogP) is 2.54. The molecule has 0 aliphatic heterocycles. The number of benzene rings is 1. The lowest BCUT2D eigenvalue weighted by molar-refractivity contribution is -0.147. The van der Waals surface area contributed by atoms with Crippen molar-refractivity contribution < 1.29 is 9.53 Å². The molecule has 3 nitrogen and oxygen atoms in total. The highest BCUT2D eigenvalue weighted by atomic mass is 16.5. The van der Waals surface area contributed by atoms with Gasteiger partial charge in [-0.25, -0.2) is 0 Å². The summed E-state index contributed by atoms with van der Waals surface area (Å²) in [6.45, 7) is 6.87. The summed E-state index contributed by atoms with van der Waals surface area (Å²) in [5, 5.41) is 3.34. The lowest BCUT2D eigenvalue weighted by Crippen LogP contribution is -2.29. The molecule has 1 aromatic rings. The first-order valence-electron chi connectivity index (χ1n) is 6.10. The molecule has 0 aromatic heterocycles. The Bertz CT molecular complexity index is 337. The quantitative estimate of drug-likeness (QED) is 0.770. The Hall–Kier alpha value is -1.35. The maximum atomic E-state index is 11.4. The molecular formula is C14H21NO2. The van der Waals surface area contributed by atoms with Gasteiger partial charge < -0.3 is 10.1 Å². The zero-order valence-electron chi connectivity index (χ0n) is 10.8. The maximum Gasteiger partial charge on any atom is 0.309 e. The van der Waals surface area contributed by atoms with Crippen molar-refractivity contribution in [1.82, 2.24) is 5.32 Å². The van der Waals surface area contributed by atoms with E-state index in [1.807, 2.05) is 32.0 Å². The molecule has 2 atom stereocenters. The van der Waals surface area contributed by atoms with E-state index in [0.717, 1.165) is 0 Å². The SMILES string of the molecule is CCOC(=O)C(C)CN[C@@H](C)c1ccccc1. The highest BCUT2D eigenvalue weighted by molar-refractivity contribution is 5.72. The first-order valence-corrected chi connectivity index (χ1v) is 6.10. The Morgan fingerprint density at radius 2 is 1.94 bits per heavy atom. The van der Waals surface area contributed by atoms with Crippen molar-refractivity contribution in [2.75, 3.05) is 13.2 Å². The van der Waals surface area contributed by atoms with E-state index < -0.39 is 0 Å². The van der Waals surface area contributed by atoms with Crippen LogP contribution in [0.15, 0.2) is 30.3 Å². The number of carbonyl (C=O) groups excluding carboxylic acids is 1. The molecule has 0 saturated heterocycles. The van der Waals surface area contributed by atoms with Crippen molar-refractivity contribution in [3.63, 3.8) is 0 Å². The number of nitrogens with one attached hydrogen (secondary N) is 1. The average molecular weight is 235 g/mol. The van der Waals surface area contributed by atoms with E-state index in [1.54, 1.807) is 0 Å². The van der Waals surface area contributed by atoms with Crippen LogP contribution in [0.4, 0.5) is 0 Å². The number of carbonyl (C=O) groups is 1. The van der Waals surface area contributed by atoms with E-state index in [2.05, 4.69) is 24.4 Å². The summed E-state index contributed by atoms with van der Waals surface area (Å²) >= 11 is 0. The second-order valence-electron chi connectivity index (χ2n) is 4.19. The zero-order chi connectivity index (χ0) is 12.7. The van der Waals surface area contributed by atoms with Crippen LogP contribution < -0.4 is 5.32 Å². The van der Waals surface area contributed by atoms with Crippen molar-refractivity contribution in [2.24, 2.45) is 5.92 Å². The van der Waals surface area contributed by atoms with Crippen LogP contribution in [0.1, 0.15) is 32.4 Å². The van der Waals surface area contributed by atoms with Crippen molar-refractivity contribution in [3.05, 3.63) is 35.9 Å². The van der Waals surface area contributed by atoms with E-state index in [1.165, 1.54) is 5.56 Å². The fourth-order valence-corrected chi connectivity index (χ4v) is 1.58. The van der Waals surface area contributed by atoms with Crippen LogP contribution in [0.5, 0.6) is 0 Å². The third kappa shape index (κ3) is 4.57. The van der Waals surface area contributed by atoms with Crippen LogP contribution in [-0.4, -0.2) is 19.1 Å². The number of esters is 1. The lowest BCUT2D eigenvalue weighted by Gasteiger charge is -2.17. The van der Waals surface area contributed by atoms with E-state index >= 15 is 0 Å². The topological polar surface area (TPSA) is 38.3 Å². The first kappa shape index (κ1) is 13.7. The second-order valence-corrected chi connectivity index (χ2v) is 4.19. The average Bonchev–Trinajstić information content (AvgIpc) is 2.36. The van der Waals surface area contributed by atoms with Crippen LogP contribution in [-0.2, 0) is 9.53 Å². The van der Waals surface area contributed by atoms with Gasteiger partial charge in [0.25, 0.3) is 0 Å². The van der Waals surface area contributed by atoms with Crippen LogP contribution >= 0.6 is 0 Å². The summed E-state index contributed by atoms with van der Waals surface area (Å²) < 4.78 is 4.96. The Kier molecular flexibility index (Phi) is 5.70. The third-order valence-corrected chi connectivity index (χ3v) is 2.72. The minimum Gasteiger partial charge on any atom is -0.466 e. The Morgan fingerprint density at radius 1 is 1.29 bits per heavy atom. The Morgan fingerprint density at radius 3 is 2.53 bits per heavy atom. The minimum atomic E-state index is -0.139. The number of rotatable bonds is 6. The molecule has 0 aliphatic rings. The van der Waals surface area contributed by atoms with Gasteiger partial charge in [-0.05, 0) is 19.4 Å². The summed E-state index contributed by atoms with van der Waals surface area (Å²) in [5.74, 6) is -0.249. The molecule has 94 valence electrons. The summed E-state index contributed by atoms with van der Waals surface area (Å²) in [5.41, 5.74) is 1.23. The number of hydrogen-bond acceptors (Lipinski definition) is 3. The summed E-state index contributed by atoms with van der Waals surface area (Å²) in [7, 11) is 0. The maximum absolute atomic E-state index is 11.4. The first-order chi connectivity index (χ1) is 8.15. The van der Waals surface area contributed by atoms with Crippen molar-refractivity contribution >= 4 is 5.97 Å². The normalized spacial score (nSPS) is 14.1. The van der Waals surface area contributed by atoms with Gasteiger partial charge in [-0.2, -0.15) is 0 Å². The van der Waals surface area contributed by atoms with Crippen LogP contribution in [0, 0.1) is 5.92 Å². The number of hydrogen-bond donors (Lipinski definition) is 1. The van der Waals surface area contributed by atoms with Crippen molar-refractivity contribution in [1.29, 1.82) is 0 Å². The van der Waals surface area contributed by atoms with Gasteiger partial charge in [0.1, 0.15) is 0 Å². The summed E-state index contributed by atoms with van der Waals surface area (Å²) in [4.78, 5) is 11.4. The molecule has 0 radical (unpaired) electrons. The van der Waals surface area contributed by atoms with Gasteiger partial charge in [0.15, 0.2) is 0 Å².